The number of hydrogen-bond acceptors (Lipinski definition) is 20. The van der Waals surface area contributed by atoms with Crippen LogP contribution in [0.5, 0.6) is 46.5 Å². The first-order valence-corrected chi connectivity index (χ1v) is 36.1. The molecule has 0 aliphatic rings. The maximum Gasteiger partial charge on any atom is 0.228 e. The molecule has 12 aromatic rings. The molecule has 34 heteroatoms. The fraction of sp³-hybridized carbons (Fsp3) is 0.122. The largest absolute Gasteiger partial charge is 0.439 e. The molecule has 4 heterocycles. The topological polar surface area (TPSA) is 373 Å². The SMILES string of the molecule is CC(=O)Nc1cc(Oc2ccc(NC(=O)Cc3c(Cl)cccc3Cl)cc2)ncn1.CC(=O)Nc1cc(Oc2ccc(NC(=O)Cc3cc(C)ccc3C)cc2)ncn1.CC(=O)Nc1cc(Oc2ccc(NC(=O)Cc3ccc(Cl)cc3Cl)cc2)ncn1.CC(=O)Nc1cc(Oc2ccc(NC(=O)Cc3ccc(F)cc3F)cc2)ncn1. The van der Waals surface area contributed by atoms with Crippen LogP contribution in [0.1, 0.15) is 61.1 Å². The molecule has 0 saturated heterocycles. The van der Waals surface area contributed by atoms with Gasteiger partial charge in [-0.3, -0.25) is 38.4 Å². The first kappa shape index (κ1) is 86.1. The Kier molecular flexibility index (Phi) is 31.6. The summed E-state index contributed by atoms with van der Waals surface area (Å²) in [7, 11) is 0. The standard InChI is InChI=1S/C22H22N4O3.2C20H16Cl2N4O3.C20H16F2N4O3/c1-14-4-5-15(2)17(10-14)11-21(28)26-18-6-8-19(9-7-18)29-22-12-20(23-13-24-22)25-16(3)27;1-12(27)25-18-10-20(24-11-23-18)29-16-6-4-15(5-7-16)26-19(28)8-13-2-3-14(21)9-17(13)22;1-12(27)25-18-10-20(24-11-23-18)29-14-7-5-13(6-8-14)26-19(28)9-15-16(21)3-2-4-17(15)22;1-12(27)25-18-10-20(24-11-23-18)29-16-6-4-15(5-7-16)26-19(28)8-13-2-3-14(21)9-17(13)22/h4-10,12-13H,11H2,1-3H3,(H,26,28)(H,23,24,25,27);2-7,9-11H,8H2,1H3,(H,26,28)(H,23,24,25,27);2-8,10-11H,9H2,1H3,(H,26,28)(H,23,24,25,27);2-7,9-11H,8H2,1H3,(H,26,28)(H,23,24,25,27). The third-order valence-corrected chi connectivity index (χ3v) is 16.5. The summed E-state index contributed by atoms with van der Waals surface area (Å²) < 4.78 is 49.1. The number of ether oxygens (including phenoxy) is 4. The van der Waals surface area contributed by atoms with Crippen LogP contribution in [-0.2, 0) is 64.0 Å². The molecule has 8 amide bonds. The number of benzene rings is 8. The average Bonchev–Trinajstić information content (AvgIpc) is 0.871. The van der Waals surface area contributed by atoms with Gasteiger partial charge in [0.05, 0.1) is 25.7 Å². The van der Waals surface area contributed by atoms with Gasteiger partial charge in [0.1, 0.15) is 83.2 Å². The van der Waals surface area contributed by atoms with Gasteiger partial charge in [0.25, 0.3) is 0 Å². The van der Waals surface area contributed by atoms with Crippen LogP contribution < -0.4 is 61.5 Å². The third kappa shape index (κ3) is 29.3. The number of amides is 8. The van der Waals surface area contributed by atoms with E-state index in [9.17, 15) is 47.1 Å². The van der Waals surface area contributed by atoms with Crippen LogP contribution in [0.4, 0.5) is 54.8 Å². The predicted octanol–water partition coefficient (Wildman–Crippen LogP) is 17.1. The minimum atomic E-state index is -0.771. The van der Waals surface area contributed by atoms with Crippen LogP contribution in [0, 0.1) is 25.5 Å². The molecule has 116 heavy (non-hydrogen) atoms. The van der Waals surface area contributed by atoms with Gasteiger partial charge in [0.15, 0.2) is 0 Å². The van der Waals surface area contributed by atoms with Crippen molar-refractivity contribution in [3.8, 4) is 46.5 Å². The molecule has 28 nitrogen and oxygen atoms in total. The molecule has 0 bridgehead atoms. The normalized spacial score (nSPS) is 10.3. The lowest BCUT2D eigenvalue weighted by atomic mass is 10.0. The zero-order chi connectivity index (χ0) is 83.2. The van der Waals surface area contributed by atoms with Gasteiger partial charge in [-0.2, -0.15) is 0 Å². The molecule has 0 radical (unpaired) electrons. The van der Waals surface area contributed by atoms with Gasteiger partial charge < -0.3 is 61.5 Å². The van der Waals surface area contributed by atoms with Gasteiger partial charge in [0.2, 0.25) is 70.8 Å². The Morgan fingerprint density at radius 3 is 0.991 bits per heavy atom. The Bertz CT molecular complexity index is 5330. The van der Waals surface area contributed by atoms with E-state index in [0.29, 0.717) is 113 Å². The number of carbonyl (C=O) groups is 8. The highest BCUT2D eigenvalue weighted by atomic mass is 35.5. The highest BCUT2D eigenvalue weighted by molar-refractivity contribution is 6.36. The average molecular weight is 1650 g/mol. The van der Waals surface area contributed by atoms with E-state index in [4.69, 9.17) is 65.4 Å². The van der Waals surface area contributed by atoms with E-state index in [0.717, 1.165) is 28.8 Å². The van der Waals surface area contributed by atoms with Gasteiger partial charge in [0, 0.05) is 101 Å². The molecule has 8 N–H and O–H groups in total. The van der Waals surface area contributed by atoms with Gasteiger partial charge in [-0.05, 0) is 169 Å². The Labute approximate surface area is 682 Å². The Hall–Kier alpha value is -13.9. The number of nitrogens with zero attached hydrogens (tertiary/aromatic N) is 8. The van der Waals surface area contributed by atoms with Crippen molar-refractivity contribution >= 4 is 140 Å². The number of nitrogens with one attached hydrogen (secondary N) is 8. The van der Waals surface area contributed by atoms with Gasteiger partial charge in [-0.25, -0.2) is 48.7 Å². The van der Waals surface area contributed by atoms with E-state index in [1.54, 1.807) is 133 Å². The van der Waals surface area contributed by atoms with E-state index in [-0.39, 0.29) is 83.8 Å². The van der Waals surface area contributed by atoms with Crippen LogP contribution in [0.15, 0.2) is 219 Å². The number of aromatic nitrogens is 8. The zero-order valence-corrected chi connectivity index (χ0v) is 65.4. The summed E-state index contributed by atoms with van der Waals surface area (Å²) in [5, 5.41) is 23.1. The summed E-state index contributed by atoms with van der Waals surface area (Å²) in [5.74, 6) is 0.997. The number of halogens is 6. The van der Waals surface area contributed by atoms with Crippen molar-refractivity contribution in [2.24, 2.45) is 0 Å². The first-order chi connectivity index (χ1) is 55.6. The van der Waals surface area contributed by atoms with Gasteiger partial charge in [-0.15, -0.1) is 0 Å². The maximum atomic E-state index is 13.6. The smallest absolute Gasteiger partial charge is 0.228 e. The van der Waals surface area contributed by atoms with Crippen LogP contribution >= 0.6 is 46.4 Å². The number of aryl methyl sites for hydroxylation is 2. The molecule has 0 unspecified atom stereocenters. The summed E-state index contributed by atoms with van der Waals surface area (Å²) in [5.41, 5.74) is 6.95. The number of rotatable bonds is 24. The highest BCUT2D eigenvalue weighted by Crippen LogP contribution is 2.30. The van der Waals surface area contributed by atoms with E-state index in [2.05, 4.69) is 82.4 Å². The second-order valence-electron chi connectivity index (χ2n) is 24.7. The maximum absolute atomic E-state index is 13.6. The van der Waals surface area contributed by atoms with Crippen LogP contribution in [0.25, 0.3) is 0 Å². The molecule has 592 valence electrons. The lowest BCUT2D eigenvalue weighted by Crippen LogP contribution is -2.15. The van der Waals surface area contributed by atoms with Crippen molar-refractivity contribution in [2.75, 3.05) is 42.5 Å². The summed E-state index contributed by atoms with van der Waals surface area (Å²) in [6.45, 7) is 9.54. The molecule has 8 aromatic carbocycles. The van der Waals surface area contributed by atoms with Crippen LogP contribution in [0.2, 0.25) is 20.1 Å². The minimum Gasteiger partial charge on any atom is -0.439 e. The first-order valence-electron chi connectivity index (χ1n) is 34.6. The highest BCUT2D eigenvalue weighted by Gasteiger charge is 2.16. The number of anilines is 8. The minimum absolute atomic E-state index is 0.0591. The molecule has 0 spiro atoms. The molecule has 12 rings (SSSR count). The van der Waals surface area contributed by atoms with E-state index >= 15 is 0 Å². The summed E-state index contributed by atoms with van der Waals surface area (Å²) in [4.78, 5) is 125. The number of carbonyl (C=O) groups excluding carboxylic acids is 8. The molecule has 0 aliphatic heterocycles. The Balaban J connectivity index is 0.000000177. The fourth-order valence-corrected chi connectivity index (χ4v) is 11.0. The van der Waals surface area contributed by atoms with Crippen molar-refractivity contribution < 1.29 is 66.1 Å². The molecular weight excluding hydrogens is 1580 g/mol. The van der Waals surface area contributed by atoms with Crippen molar-refractivity contribution in [3.63, 3.8) is 0 Å². The molecule has 4 aromatic heterocycles. The van der Waals surface area contributed by atoms with E-state index in [1.165, 1.54) is 83.3 Å². The molecular formula is C82H70Cl4F2N16O12. The van der Waals surface area contributed by atoms with Crippen molar-refractivity contribution in [1.82, 2.24) is 39.9 Å². The second-order valence-corrected chi connectivity index (χ2v) is 26.4. The quantitative estimate of drug-likeness (QED) is 0.0278. The lowest BCUT2D eigenvalue weighted by molar-refractivity contribution is -0.116. The fourth-order valence-electron chi connectivity index (χ4n) is 10.0. The van der Waals surface area contributed by atoms with Gasteiger partial charge in [-0.1, -0.05) is 88.4 Å². The summed E-state index contributed by atoms with van der Waals surface area (Å²) in [6.07, 6.45) is 5.42. The molecule has 0 aliphatic carbocycles. The third-order valence-electron chi connectivity index (χ3n) is 15.2. The van der Waals surface area contributed by atoms with Crippen molar-refractivity contribution in [2.45, 2.75) is 67.2 Å². The van der Waals surface area contributed by atoms with Crippen molar-refractivity contribution in [1.29, 1.82) is 0 Å². The lowest BCUT2D eigenvalue weighted by Gasteiger charge is -2.10. The molecule has 0 fully saturated rings. The molecule has 0 saturated carbocycles. The zero-order valence-electron chi connectivity index (χ0n) is 62.4. The van der Waals surface area contributed by atoms with Crippen molar-refractivity contribution in [3.05, 3.63) is 285 Å². The van der Waals surface area contributed by atoms with Gasteiger partial charge >= 0.3 is 0 Å². The second kappa shape index (κ2) is 42.6. The predicted molar refractivity (Wildman–Crippen MR) is 436 cm³/mol. The van der Waals surface area contributed by atoms with E-state index < -0.39 is 17.5 Å². The monoisotopic (exact) mass is 1650 g/mol. The molecule has 0 atom stereocenters. The summed E-state index contributed by atoms with van der Waals surface area (Å²) >= 11 is 24.2. The van der Waals surface area contributed by atoms with Crippen LogP contribution in [-0.4, -0.2) is 87.1 Å². The Morgan fingerprint density at radius 2 is 0.655 bits per heavy atom. The Morgan fingerprint density at radius 1 is 0.328 bits per heavy atom. The van der Waals surface area contributed by atoms with E-state index in [1.807, 2.05) is 32.0 Å². The number of hydrogen-bond donors (Lipinski definition) is 8. The van der Waals surface area contributed by atoms with Crippen LogP contribution in [0.3, 0.4) is 0 Å². The summed E-state index contributed by atoms with van der Waals surface area (Å²) in [6, 6.07) is 52.2.